The van der Waals surface area contributed by atoms with E-state index in [4.69, 9.17) is 20.8 Å². The molecule has 0 spiro atoms. The Balaban J connectivity index is 1.39. The summed E-state index contributed by atoms with van der Waals surface area (Å²) in [5.74, 6) is -0.581. The molecule has 49 heavy (non-hydrogen) atoms. The second-order valence-corrected chi connectivity index (χ2v) is 13.1. The molecule has 1 aliphatic rings. The SMILES string of the molecule is CCc1c(N2CCN(C(=O)OC(C)(C)C)CC2)c(=O)n2nc(-c3ccc4ccoc4c3)cc2n1CC(=O)Nc1ccc(C(F)(F)F)cc1Cl. The van der Waals surface area contributed by atoms with Gasteiger partial charge in [0, 0.05) is 48.9 Å². The molecule has 1 fully saturated rings. The van der Waals surface area contributed by atoms with Gasteiger partial charge in [0.1, 0.15) is 29.1 Å². The van der Waals surface area contributed by atoms with E-state index in [1.54, 1.807) is 42.6 Å². The second-order valence-electron chi connectivity index (χ2n) is 12.7. The molecule has 5 aromatic rings. The van der Waals surface area contributed by atoms with Crippen LogP contribution in [0.5, 0.6) is 0 Å². The number of furan rings is 1. The first kappa shape index (κ1) is 33.9. The number of alkyl halides is 3. The number of hydrogen-bond acceptors (Lipinski definition) is 7. The number of ether oxygens (including phenoxy) is 1. The molecule has 0 aliphatic carbocycles. The van der Waals surface area contributed by atoms with Crippen molar-refractivity contribution in [3.05, 3.63) is 81.4 Å². The second kappa shape index (κ2) is 12.8. The first-order valence-electron chi connectivity index (χ1n) is 15.7. The van der Waals surface area contributed by atoms with Crippen molar-refractivity contribution in [1.29, 1.82) is 0 Å². The third kappa shape index (κ3) is 6.95. The van der Waals surface area contributed by atoms with Crippen LogP contribution in [0.15, 0.2) is 64.0 Å². The van der Waals surface area contributed by atoms with Crippen LogP contribution in [-0.4, -0.2) is 62.9 Å². The number of amides is 2. The molecule has 15 heteroatoms. The van der Waals surface area contributed by atoms with Gasteiger partial charge in [-0.15, -0.1) is 0 Å². The van der Waals surface area contributed by atoms with Gasteiger partial charge in [-0.05, 0) is 57.5 Å². The van der Waals surface area contributed by atoms with Crippen LogP contribution in [-0.2, 0) is 28.7 Å². The quantitative estimate of drug-likeness (QED) is 0.207. The highest BCUT2D eigenvalue weighted by Crippen LogP contribution is 2.34. The van der Waals surface area contributed by atoms with Gasteiger partial charge in [0.25, 0.3) is 5.56 Å². The zero-order chi connectivity index (χ0) is 35.2. The normalized spacial score (nSPS) is 14.1. The number of anilines is 2. The molecule has 0 unspecified atom stereocenters. The van der Waals surface area contributed by atoms with Gasteiger partial charge in [-0.25, -0.2) is 4.79 Å². The lowest BCUT2D eigenvalue weighted by molar-refractivity contribution is -0.137. The number of aromatic nitrogens is 3. The molecule has 2 aromatic carbocycles. The maximum absolute atomic E-state index is 14.2. The Morgan fingerprint density at radius 2 is 1.76 bits per heavy atom. The Morgan fingerprint density at radius 1 is 1.02 bits per heavy atom. The highest BCUT2D eigenvalue weighted by molar-refractivity contribution is 6.33. The van der Waals surface area contributed by atoms with Crippen LogP contribution in [0.2, 0.25) is 5.02 Å². The van der Waals surface area contributed by atoms with Gasteiger partial charge < -0.3 is 28.8 Å². The molecule has 1 N–H and O–H groups in total. The van der Waals surface area contributed by atoms with E-state index in [1.807, 2.05) is 36.1 Å². The Bertz CT molecular complexity index is 2120. The first-order chi connectivity index (χ1) is 23.1. The molecule has 4 heterocycles. The zero-order valence-electron chi connectivity index (χ0n) is 27.2. The fraction of sp³-hybridized carbons (Fsp3) is 0.353. The summed E-state index contributed by atoms with van der Waals surface area (Å²) in [5.41, 5.74) is 0.998. The average Bonchev–Trinajstić information content (AvgIpc) is 3.70. The van der Waals surface area contributed by atoms with Gasteiger partial charge in [0.05, 0.1) is 28.2 Å². The summed E-state index contributed by atoms with van der Waals surface area (Å²) in [5, 5.41) is 7.89. The fourth-order valence-corrected chi connectivity index (χ4v) is 6.10. The van der Waals surface area contributed by atoms with E-state index in [1.165, 1.54) is 4.52 Å². The van der Waals surface area contributed by atoms with Gasteiger partial charge in [0.2, 0.25) is 5.91 Å². The molecule has 0 bridgehead atoms. The summed E-state index contributed by atoms with van der Waals surface area (Å²) in [6, 6.07) is 11.8. The lowest BCUT2D eigenvalue weighted by atomic mass is 10.1. The lowest BCUT2D eigenvalue weighted by Crippen LogP contribution is -2.51. The van der Waals surface area contributed by atoms with Crippen LogP contribution in [0.4, 0.5) is 29.3 Å². The maximum atomic E-state index is 14.2. The minimum Gasteiger partial charge on any atom is -0.464 e. The molecule has 11 nitrogen and oxygen atoms in total. The smallest absolute Gasteiger partial charge is 0.416 e. The van der Waals surface area contributed by atoms with E-state index < -0.39 is 34.9 Å². The number of rotatable bonds is 6. The summed E-state index contributed by atoms with van der Waals surface area (Å²) in [4.78, 5) is 43.9. The highest BCUT2D eigenvalue weighted by Gasteiger charge is 2.32. The van der Waals surface area contributed by atoms with Gasteiger partial charge in [0.15, 0.2) is 0 Å². The molecular weight excluding hydrogens is 665 g/mol. The minimum atomic E-state index is -4.60. The minimum absolute atomic E-state index is 0.00853. The monoisotopic (exact) mass is 698 g/mol. The number of carbonyl (C=O) groups is 2. The summed E-state index contributed by atoms with van der Waals surface area (Å²) in [7, 11) is 0. The molecule has 258 valence electrons. The maximum Gasteiger partial charge on any atom is 0.416 e. The first-order valence-corrected chi connectivity index (χ1v) is 16.0. The van der Waals surface area contributed by atoms with E-state index in [2.05, 4.69) is 10.4 Å². The van der Waals surface area contributed by atoms with Crippen molar-refractivity contribution >= 4 is 51.6 Å². The van der Waals surface area contributed by atoms with Gasteiger partial charge in [-0.2, -0.15) is 22.8 Å². The Hall–Kier alpha value is -4.98. The molecule has 6 rings (SSSR count). The molecule has 0 saturated carbocycles. The molecule has 3 aromatic heterocycles. The Kier molecular flexibility index (Phi) is 8.86. The summed E-state index contributed by atoms with van der Waals surface area (Å²) < 4.78 is 53.6. The number of hydrogen-bond donors (Lipinski definition) is 1. The molecular formula is C34H34ClF3N6O5. The number of carbonyl (C=O) groups excluding carboxylic acids is 2. The van der Waals surface area contributed by atoms with Gasteiger partial charge in [-0.3, -0.25) is 9.59 Å². The number of halogens is 4. The van der Waals surface area contributed by atoms with Gasteiger partial charge >= 0.3 is 12.3 Å². The van der Waals surface area contributed by atoms with Crippen LogP contribution < -0.4 is 15.8 Å². The number of nitrogens with zero attached hydrogens (tertiary/aromatic N) is 5. The predicted octanol–water partition coefficient (Wildman–Crippen LogP) is 6.84. The van der Waals surface area contributed by atoms with E-state index in [9.17, 15) is 27.6 Å². The van der Waals surface area contributed by atoms with E-state index in [0.29, 0.717) is 66.5 Å². The zero-order valence-corrected chi connectivity index (χ0v) is 28.0. The van der Waals surface area contributed by atoms with Gasteiger partial charge in [-0.1, -0.05) is 30.7 Å². The van der Waals surface area contributed by atoms with Crippen molar-refractivity contribution in [3.63, 3.8) is 0 Å². The largest absolute Gasteiger partial charge is 0.464 e. The fourth-order valence-electron chi connectivity index (χ4n) is 5.88. The topological polar surface area (TPSA) is 114 Å². The Morgan fingerprint density at radius 3 is 2.41 bits per heavy atom. The standard InChI is InChI=1S/C34H34ClF3N6O5/c1-5-26-30(41-11-13-42(14-12-41)32(47)49-33(2,3)4)31(46)44-29(18-25(40-44)21-7-6-20-10-15-48-27(20)16-21)43(26)19-28(45)39-24-9-8-22(17-23(24)35)34(36,37)38/h6-10,15-18H,5,11-14,19H2,1-4H3,(H,39,45). The molecule has 1 saturated heterocycles. The van der Waals surface area contributed by atoms with Crippen molar-refractivity contribution in [1.82, 2.24) is 19.1 Å². The third-order valence-corrected chi connectivity index (χ3v) is 8.48. The number of nitrogens with one attached hydrogen (secondary N) is 1. The third-order valence-electron chi connectivity index (χ3n) is 8.17. The van der Waals surface area contributed by atoms with Crippen molar-refractivity contribution in [2.75, 3.05) is 36.4 Å². The van der Waals surface area contributed by atoms with Crippen molar-refractivity contribution < 1.29 is 31.9 Å². The van der Waals surface area contributed by atoms with Crippen molar-refractivity contribution in [2.24, 2.45) is 0 Å². The van der Waals surface area contributed by atoms with Crippen LogP contribution in [0.3, 0.4) is 0 Å². The lowest BCUT2D eigenvalue weighted by Gasteiger charge is -2.37. The molecule has 0 atom stereocenters. The summed E-state index contributed by atoms with van der Waals surface area (Å²) in [6.45, 7) is 8.17. The molecule has 1 aliphatic heterocycles. The summed E-state index contributed by atoms with van der Waals surface area (Å²) in [6.07, 6.45) is -3.12. The number of piperazine rings is 1. The average molecular weight is 699 g/mol. The number of fused-ring (bicyclic) bond motifs is 2. The van der Waals surface area contributed by atoms with Crippen LogP contribution in [0, 0.1) is 0 Å². The Labute approximate surface area is 283 Å². The van der Waals surface area contributed by atoms with E-state index >= 15 is 0 Å². The number of benzene rings is 2. The van der Waals surface area contributed by atoms with E-state index in [-0.39, 0.29) is 17.3 Å². The molecule has 0 radical (unpaired) electrons. The summed E-state index contributed by atoms with van der Waals surface area (Å²) >= 11 is 6.13. The predicted molar refractivity (Wildman–Crippen MR) is 179 cm³/mol. The van der Waals surface area contributed by atoms with Crippen molar-refractivity contribution in [3.8, 4) is 11.3 Å². The van der Waals surface area contributed by atoms with E-state index in [0.717, 1.165) is 23.6 Å². The van der Waals surface area contributed by atoms with Crippen LogP contribution >= 0.6 is 11.6 Å². The van der Waals surface area contributed by atoms with Crippen LogP contribution in [0.1, 0.15) is 39.0 Å². The van der Waals surface area contributed by atoms with Crippen molar-refractivity contribution in [2.45, 2.75) is 52.4 Å². The molecule has 2 amide bonds. The van der Waals surface area contributed by atoms with Crippen LogP contribution in [0.25, 0.3) is 27.9 Å². The highest BCUT2D eigenvalue weighted by atomic mass is 35.5.